The fraction of sp³-hybridized carbons (Fsp3) is 0.333. The van der Waals surface area contributed by atoms with Crippen molar-refractivity contribution in [3.05, 3.63) is 18.2 Å². The van der Waals surface area contributed by atoms with Gasteiger partial charge in [0.05, 0.1) is 18.8 Å². The summed E-state index contributed by atoms with van der Waals surface area (Å²) in [5, 5.41) is 5.26. The first-order valence-electron chi connectivity index (χ1n) is 5.46. The Morgan fingerprint density at radius 2 is 1.95 bits per heavy atom. The summed E-state index contributed by atoms with van der Waals surface area (Å²) >= 11 is 0. The molecule has 0 spiro atoms. The Labute approximate surface area is 118 Å². The van der Waals surface area contributed by atoms with Crippen LogP contribution < -0.4 is 21.1 Å². The summed E-state index contributed by atoms with van der Waals surface area (Å²) in [6, 6.07) is 4.32. The van der Waals surface area contributed by atoms with Crippen LogP contribution in [0.5, 0.6) is 5.75 Å². The Kier molecular flexibility index (Phi) is 6.89. The molecule has 106 valence electrons. The van der Waals surface area contributed by atoms with Crippen LogP contribution in [-0.4, -0.2) is 25.0 Å². The molecule has 0 radical (unpaired) electrons. The molecule has 0 aromatic heterocycles. The zero-order valence-corrected chi connectivity index (χ0v) is 11.8. The van der Waals surface area contributed by atoms with Gasteiger partial charge in [-0.2, -0.15) is 0 Å². The third-order valence-corrected chi connectivity index (χ3v) is 2.19. The largest absolute Gasteiger partial charge is 0.495 e. The van der Waals surface area contributed by atoms with Crippen LogP contribution in [0.2, 0.25) is 0 Å². The average Bonchev–Trinajstić information content (AvgIpc) is 2.28. The van der Waals surface area contributed by atoms with Gasteiger partial charge in [-0.1, -0.05) is 0 Å². The molecule has 1 atom stereocenters. The number of ether oxygens (including phenoxy) is 1. The van der Waals surface area contributed by atoms with E-state index < -0.39 is 6.04 Å². The Morgan fingerprint density at radius 3 is 2.42 bits per heavy atom. The van der Waals surface area contributed by atoms with Gasteiger partial charge in [-0.25, -0.2) is 0 Å². The van der Waals surface area contributed by atoms with Crippen LogP contribution in [0.3, 0.4) is 0 Å². The number of hydrogen-bond donors (Lipinski definition) is 3. The van der Waals surface area contributed by atoms with E-state index in [1.54, 1.807) is 25.1 Å². The van der Waals surface area contributed by atoms with E-state index in [9.17, 15) is 9.59 Å². The second kappa shape index (κ2) is 7.60. The van der Waals surface area contributed by atoms with E-state index in [1.807, 2.05) is 0 Å². The molecule has 0 saturated carbocycles. The molecule has 0 aliphatic rings. The molecule has 6 nitrogen and oxygen atoms in total. The number of hydrogen-bond acceptors (Lipinski definition) is 4. The van der Waals surface area contributed by atoms with Crippen LogP contribution in [0, 0.1) is 0 Å². The maximum Gasteiger partial charge on any atom is 0.241 e. The van der Waals surface area contributed by atoms with Crippen molar-refractivity contribution in [2.45, 2.75) is 19.9 Å². The molecule has 1 aromatic rings. The van der Waals surface area contributed by atoms with Crippen molar-refractivity contribution in [2.24, 2.45) is 5.73 Å². The number of halogens is 1. The second-order valence-corrected chi connectivity index (χ2v) is 3.87. The SMILES string of the molecule is COc1ccc(NC(C)=O)cc1NC(=O)[C@@H](C)N.Cl. The van der Waals surface area contributed by atoms with Crippen LogP contribution in [0.4, 0.5) is 11.4 Å². The molecule has 0 aliphatic heterocycles. The fourth-order valence-corrected chi connectivity index (χ4v) is 1.33. The average molecular weight is 288 g/mol. The van der Waals surface area contributed by atoms with Crippen LogP contribution in [0.15, 0.2) is 18.2 Å². The first-order chi connectivity index (χ1) is 8.43. The number of methoxy groups -OCH3 is 1. The molecule has 0 bridgehead atoms. The quantitative estimate of drug-likeness (QED) is 0.779. The Hall–Kier alpha value is -1.79. The van der Waals surface area contributed by atoms with Gasteiger partial charge in [0, 0.05) is 12.6 Å². The zero-order valence-electron chi connectivity index (χ0n) is 11.0. The third kappa shape index (κ3) is 5.15. The summed E-state index contributed by atoms with van der Waals surface area (Å²) in [6.45, 7) is 2.99. The minimum absolute atomic E-state index is 0. The number of amides is 2. The van der Waals surface area contributed by atoms with Gasteiger partial charge in [-0.15, -0.1) is 12.4 Å². The van der Waals surface area contributed by atoms with E-state index in [2.05, 4.69) is 10.6 Å². The van der Waals surface area contributed by atoms with Crippen molar-refractivity contribution in [1.82, 2.24) is 0 Å². The van der Waals surface area contributed by atoms with Crippen LogP contribution in [0.25, 0.3) is 0 Å². The molecule has 0 heterocycles. The molecular formula is C12H18ClN3O3. The molecule has 0 aliphatic carbocycles. The second-order valence-electron chi connectivity index (χ2n) is 3.87. The summed E-state index contributed by atoms with van der Waals surface area (Å²) in [7, 11) is 1.49. The molecule has 4 N–H and O–H groups in total. The maximum atomic E-state index is 11.5. The molecule has 0 unspecified atom stereocenters. The van der Waals surface area contributed by atoms with Gasteiger partial charge in [0.15, 0.2) is 0 Å². The highest BCUT2D eigenvalue weighted by molar-refractivity contribution is 5.97. The minimum atomic E-state index is -0.626. The topological polar surface area (TPSA) is 93.5 Å². The molecule has 7 heteroatoms. The molecule has 1 rings (SSSR count). The van der Waals surface area contributed by atoms with Crippen molar-refractivity contribution in [3.8, 4) is 5.75 Å². The number of nitrogens with one attached hydrogen (secondary N) is 2. The number of carbonyl (C=O) groups excluding carboxylic acids is 2. The first-order valence-corrected chi connectivity index (χ1v) is 5.46. The van der Waals surface area contributed by atoms with E-state index in [4.69, 9.17) is 10.5 Å². The summed E-state index contributed by atoms with van der Waals surface area (Å²) in [6.07, 6.45) is 0. The summed E-state index contributed by atoms with van der Waals surface area (Å²) < 4.78 is 5.12. The highest BCUT2D eigenvalue weighted by Crippen LogP contribution is 2.27. The predicted octanol–water partition coefficient (Wildman–Crippen LogP) is 1.36. The van der Waals surface area contributed by atoms with Gasteiger partial charge in [0.1, 0.15) is 5.75 Å². The van der Waals surface area contributed by atoms with Crippen LogP contribution >= 0.6 is 12.4 Å². The van der Waals surface area contributed by atoms with Gasteiger partial charge in [-0.05, 0) is 25.1 Å². The Bertz CT molecular complexity index is 464. The zero-order chi connectivity index (χ0) is 13.7. The molecule has 2 amide bonds. The standard InChI is InChI=1S/C12H17N3O3.ClH/c1-7(13)12(17)15-10-6-9(14-8(2)16)4-5-11(10)18-3;/h4-7H,13H2,1-3H3,(H,14,16)(H,15,17);1H/t7-;/m1./s1. The Morgan fingerprint density at radius 1 is 1.32 bits per heavy atom. The molecular weight excluding hydrogens is 270 g/mol. The molecule has 0 fully saturated rings. The maximum absolute atomic E-state index is 11.5. The van der Waals surface area contributed by atoms with Crippen molar-refractivity contribution in [2.75, 3.05) is 17.7 Å². The van der Waals surface area contributed by atoms with E-state index in [-0.39, 0.29) is 24.2 Å². The third-order valence-electron chi connectivity index (χ3n) is 2.19. The number of anilines is 2. The fourth-order valence-electron chi connectivity index (χ4n) is 1.33. The van der Waals surface area contributed by atoms with Crippen LogP contribution in [0.1, 0.15) is 13.8 Å². The van der Waals surface area contributed by atoms with E-state index in [1.165, 1.54) is 14.0 Å². The van der Waals surface area contributed by atoms with Gasteiger partial charge in [-0.3, -0.25) is 9.59 Å². The van der Waals surface area contributed by atoms with E-state index >= 15 is 0 Å². The van der Waals surface area contributed by atoms with Crippen molar-refractivity contribution >= 4 is 35.6 Å². The molecule has 1 aromatic carbocycles. The Balaban J connectivity index is 0.00000324. The summed E-state index contributed by atoms with van der Waals surface area (Å²) in [4.78, 5) is 22.5. The van der Waals surface area contributed by atoms with Crippen molar-refractivity contribution in [3.63, 3.8) is 0 Å². The monoisotopic (exact) mass is 287 g/mol. The number of benzene rings is 1. The van der Waals surface area contributed by atoms with E-state index in [0.717, 1.165) is 0 Å². The minimum Gasteiger partial charge on any atom is -0.495 e. The first kappa shape index (κ1) is 17.2. The predicted molar refractivity (Wildman–Crippen MR) is 76.8 cm³/mol. The van der Waals surface area contributed by atoms with Gasteiger partial charge >= 0.3 is 0 Å². The van der Waals surface area contributed by atoms with Crippen molar-refractivity contribution in [1.29, 1.82) is 0 Å². The lowest BCUT2D eigenvalue weighted by Gasteiger charge is -2.13. The van der Waals surface area contributed by atoms with Gasteiger partial charge in [0.25, 0.3) is 0 Å². The summed E-state index contributed by atoms with van der Waals surface area (Å²) in [5.74, 6) is -0.0176. The summed E-state index contributed by atoms with van der Waals surface area (Å²) in [5.41, 5.74) is 6.51. The highest BCUT2D eigenvalue weighted by Gasteiger charge is 2.12. The molecule has 19 heavy (non-hydrogen) atoms. The van der Waals surface area contributed by atoms with Crippen molar-refractivity contribution < 1.29 is 14.3 Å². The number of rotatable bonds is 4. The number of carbonyl (C=O) groups is 2. The number of nitrogens with two attached hydrogens (primary N) is 1. The van der Waals surface area contributed by atoms with Gasteiger partial charge in [0.2, 0.25) is 11.8 Å². The lowest BCUT2D eigenvalue weighted by atomic mass is 10.2. The molecule has 0 saturated heterocycles. The van der Waals surface area contributed by atoms with Crippen LogP contribution in [-0.2, 0) is 9.59 Å². The lowest BCUT2D eigenvalue weighted by Crippen LogP contribution is -2.32. The van der Waals surface area contributed by atoms with Gasteiger partial charge < -0.3 is 21.1 Å². The lowest BCUT2D eigenvalue weighted by molar-refractivity contribution is -0.117. The normalized spacial score (nSPS) is 10.9. The van der Waals surface area contributed by atoms with E-state index in [0.29, 0.717) is 17.1 Å². The highest BCUT2D eigenvalue weighted by atomic mass is 35.5. The smallest absolute Gasteiger partial charge is 0.241 e.